The van der Waals surface area contributed by atoms with E-state index in [1.54, 1.807) is 23.5 Å². The Balaban J connectivity index is 1.88. The maximum absolute atomic E-state index is 13.2. The van der Waals surface area contributed by atoms with Crippen LogP contribution in [0.5, 0.6) is 0 Å². The molecule has 0 fully saturated rings. The molecule has 0 saturated carbocycles. The van der Waals surface area contributed by atoms with Crippen LogP contribution in [0.4, 0.5) is 15.8 Å². The number of rotatable bonds is 2. The quantitative estimate of drug-likeness (QED) is 0.720. The summed E-state index contributed by atoms with van der Waals surface area (Å²) in [5.74, 6) is 1.03. The van der Waals surface area contributed by atoms with Crippen LogP contribution in [-0.4, -0.2) is 11.7 Å². The lowest BCUT2D eigenvalue weighted by atomic mass is 10.2. The number of nitrogens with zero attached hydrogens (tertiary/aromatic N) is 2. The van der Waals surface area contributed by atoms with E-state index in [1.165, 1.54) is 12.1 Å². The lowest BCUT2D eigenvalue weighted by Gasteiger charge is -2.07. The number of thiophene rings is 1. The molecule has 0 bridgehead atoms. The zero-order valence-corrected chi connectivity index (χ0v) is 12.8. The summed E-state index contributed by atoms with van der Waals surface area (Å²) in [6.07, 6.45) is 0. The predicted molar refractivity (Wildman–Crippen MR) is 93.5 cm³/mol. The summed E-state index contributed by atoms with van der Waals surface area (Å²) in [4.78, 5) is 10.3. The third-order valence-electron chi connectivity index (χ3n) is 3.46. The number of aliphatic imine (C=N–C) groups is 2. The van der Waals surface area contributed by atoms with Crippen molar-refractivity contribution < 1.29 is 4.39 Å². The average molecular weight is 321 g/mol. The zero-order chi connectivity index (χ0) is 15.6. The van der Waals surface area contributed by atoms with Gasteiger partial charge in [0.05, 0.1) is 16.3 Å². The fraction of sp³-hybridized carbons (Fsp3) is 0. The van der Waals surface area contributed by atoms with E-state index in [9.17, 15) is 4.39 Å². The maximum atomic E-state index is 13.2. The summed E-state index contributed by atoms with van der Waals surface area (Å²) in [6, 6.07) is 18.0. The van der Waals surface area contributed by atoms with E-state index in [-0.39, 0.29) is 5.82 Å². The van der Waals surface area contributed by atoms with Crippen molar-refractivity contribution in [1.29, 1.82) is 0 Å². The van der Waals surface area contributed by atoms with Crippen molar-refractivity contribution in [2.24, 2.45) is 9.98 Å². The molecule has 1 aliphatic heterocycles. The molecule has 0 saturated heterocycles. The van der Waals surface area contributed by atoms with Gasteiger partial charge in [-0.2, -0.15) is 0 Å². The molecule has 0 spiro atoms. The fourth-order valence-corrected chi connectivity index (χ4v) is 3.00. The molecule has 23 heavy (non-hydrogen) atoms. The molecule has 3 nitrogen and oxygen atoms in total. The molecular formula is C18H12FN3S. The highest BCUT2D eigenvalue weighted by Gasteiger charge is 2.15. The third kappa shape index (κ3) is 2.78. The van der Waals surface area contributed by atoms with Gasteiger partial charge in [-0.1, -0.05) is 18.2 Å². The second kappa shape index (κ2) is 5.78. The Hall–Kier alpha value is -2.79. The van der Waals surface area contributed by atoms with E-state index < -0.39 is 0 Å². The first-order valence-corrected chi connectivity index (χ1v) is 8.01. The second-order valence-corrected chi connectivity index (χ2v) is 5.97. The average Bonchev–Trinajstić information content (AvgIpc) is 3.03. The van der Waals surface area contributed by atoms with Gasteiger partial charge in [-0.05, 0) is 47.8 Å². The van der Waals surface area contributed by atoms with Crippen LogP contribution in [0.1, 0.15) is 10.4 Å². The topological polar surface area (TPSA) is 36.8 Å². The van der Waals surface area contributed by atoms with Gasteiger partial charge in [-0.3, -0.25) is 0 Å². The van der Waals surface area contributed by atoms with Gasteiger partial charge >= 0.3 is 0 Å². The molecule has 4 rings (SSSR count). The Labute approximate surface area is 136 Å². The number of anilines is 1. The first kappa shape index (κ1) is 13.8. The van der Waals surface area contributed by atoms with E-state index in [1.807, 2.05) is 41.8 Å². The van der Waals surface area contributed by atoms with Crippen LogP contribution in [0.2, 0.25) is 0 Å². The van der Waals surface area contributed by atoms with E-state index in [4.69, 9.17) is 0 Å². The number of amidine groups is 2. The lowest BCUT2D eigenvalue weighted by molar-refractivity contribution is 0.628. The van der Waals surface area contributed by atoms with Crippen molar-refractivity contribution >= 4 is 34.4 Å². The SMILES string of the molecule is Fc1ccc(C2=Nc3ccccc3NC(c3cccs3)=N2)cc1. The molecule has 0 atom stereocenters. The smallest absolute Gasteiger partial charge is 0.162 e. The van der Waals surface area contributed by atoms with Crippen molar-refractivity contribution in [3.8, 4) is 0 Å². The maximum Gasteiger partial charge on any atom is 0.162 e. The summed E-state index contributed by atoms with van der Waals surface area (Å²) in [5.41, 5.74) is 2.48. The van der Waals surface area contributed by atoms with Crippen molar-refractivity contribution in [3.63, 3.8) is 0 Å². The minimum absolute atomic E-state index is 0.274. The second-order valence-electron chi connectivity index (χ2n) is 5.02. The molecule has 5 heteroatoms. The van der Waals surface area contributed by atoms with Crippen molar-refractivity contribution in [2.75, 3.05) is 5.32 Å². The normalized spacial score (nSPS) is 13.4. The molecule has 2 aromatic carbocycles. The highest BCUT2D eigenvalue weighted by Crippen LogP contribution is 2.29. The van der Waals surface area contributed by atoms with Crippen LogP contribution in [0.3, 0.4) is 0 Å². The van der Waals surface area contributed by atoms with Crippen molar-refractivity contribution in [1.82, 2.24) is 0 Å². The molecule has 3 aromatic rings. The van der Waals surface area contributed by atoms with E-state index in [0.717, 1.165) is 27.7 Å². The van der Waals surface area contributed by atoms with Gasteiger partial charge in [0.15, 0.2) is 5.84 Å². The van der Waals surface area contributed by atoms with Gasteiger partial charge < -0.3 is 5.32 Å². The van der Waals surface area contributed by atoms with Crippen LogP contribution in [0.25, 0.3) is 0 Å². The number of fused-ring (bicyclic) bond motifs is 1. The first-order valence-electron chi connectivity index (χ1n) is 7.13. The Morgan fingerprint density at radius 2 is 1.70 bits per heavy atom. The van der Waals surface area contributed by atoms with Crippen molar-refractivity contribution in [2.45, 2.75) is 0 Å². The Bertz CT molecular complexity index is 896. The number of benzene rings is 2. The Morgan fingerprint density at radius 1 is 0.870 bits per heavy atom. The van der Waals surface area contributed by atoms with Gasteiger partial charge in [0.2, 0.25) is 0 Å². The van der Waals surface area contributed by atoms with Crippen LogP contribution in [0.15, 0.2) is 76.0 Å². The summed E-state index contributed by atoms with van der Waals surface area (Å²) < 4.78 is 13.2. The lowest BCUT2D eigenvalue weighted by Crippen LogP contribution is -2.13. The van der Waals surface area contributed by atoms with Crippen molar-refractivity contribution in [3.05, 3.63) is 82.3 Å². The molecule has 0 aliphatic carbocycles. The van der Waals surface area contributed by atoms with Crippen LogP contribution in [-0.2, 0) is 0 Å². The number of hydrogen-bond donors (Lipinski definition) is 1. The number of hydrogen-bond acceptors (Lipinski definition) is 4. The summed E-state index contributed by atoms with van der Waals surface area (Å²) in [5, 5.41) is 5.35. The summed E-state index contributed by atoms with van der Waals surface area (Å²) in [6.45, 7) is 0. The van der Waals surface area contributed by atoms with Gasteiger partial charge in [0.25, 0.3) is 0 Å². The molecular weight excluding hydrogens is 309 g/mol. The Kier molecular flexibility index (Phi) is 3.48. The molecule has 2 heterocycles. The molecule has 0 amide bonds. The van der Waals surface area contributed by atoms with Gasteiger partial charge in [-0.15, -0.1) is 11.3 Å². The molecule has 1 N–H and O–H groups in total. The molecule has 112 valence electrons. The number of para-hydroxylation sites is 2. The van der Waals surface area contributed by atoms with Crippen LogP contribution in [0, 0.1) is 5.82 Å². The number of nitrogens with one attached hydrogen (secondary N) is 1. The van der Waals surface area contributed by atoms with Gasteiger partial charge in [0.1, 0.15) is 11.7 Å². The van der Waals surface area contributed by atoms with E-state index in [0.29, 0.717) is 5.84 Å². The monoisotopic (exact) mass is 321 g/mol. The highest BCUT2D eigenvalue weighted by molar-refractivity contribution is 7.12. The van der Waals surface area contributed by atoms with Gasteiger partial charge in [0, 0.05) is 5.56 Å². The fourth-order valence-electron chi connectivity index (χ4n) is 2.34. The molecule has 1 aromatic heterocycles. The van der Waals surface area contributed by atoms with Gasteiger partial charge in [-0.25, -0.2) is 14.4 Å². The predicted octanol–water partition coefficient (Wildman–Crippen LogP) is 4.84. The first-order chi connectivity index (χ1) is 11.3. The summed E-state index contributed by atoms with van der Waals surface area (Å²) >= 11 is 1.60. The number of halogens is 1. The van der Waals surface area contributed by atoms with E-state index >= 15 is 0 Å². The Morgan fingerprint density at radius 3 is 2.48 bits per heavy atom. The summed E-state index contributed by atoms with van der Waals surface area (Å²) in [7, 11) is 0. The minimum atomic E-state index is -0.274. The molecule has 0 radical (unpaired) electrons. The largest absolute Gasteiger partial charge is 0.337 e. The highest BCUT2D eigenvalue weighted by atomic mass is 32.1. The standard InChI is InChI=1S/C18H12FN3S/c19-13-9-7-12(8-10-13)17-20-14-4-1-2-5-15(14)21-18(22-17)16-6-3-11-23-16/h1-11H,(H,20,21,22). The third-order valence-corrected chi connectivity index (χ3v) is 4.33. The minimum Gasteiger partial charge on any atom is -0.337 e. The molecule has 1 aliphatic rings. The van der Waals surface area contributed by atoms with Crippen LogP contribution >= 0.6 is 11.3 Å². The van der Waals surface area contributed by atoms with Crippen LogP contribution < -0.4 is 5.32 Å². The molecule has 0 unspecified atom stereocenters. The van der Waals surface area contributed by atoms with E-state index in [2.05, 4.69) is 15.3 Å². The zero-order valence-electron chi connectivity index (χ0n) is 12.0.